The van der Waals surface area contributed by atoms with Gasteiger partial charge in [0.05, 0.1) is 6.54 Å². The highest BCUT2D eigenvalue weighted by Crippen LogP contribution is 2.29. The van der Waals surface area contributed by atoms with Crippen LogP contribution in [0, 0.1) is 6.92 Å². The summed E-state index contributed by atoms with van der Waals surface area (Å²) in [4.78, 5) is 23.3. The highest BCUT2D eigenvalue weighted by atomic mass is 16.5. The minimum absolute atomic E-state index is 0.239. The standard InChI is InChI=1S/C21H20N2O5/c1-12-8-14(27-11-20(24)25)3-5-17(12)23-21(26)13-2-4-15-16-6-7-22-10-19(16)28-18(15)9-13/h2-5,8-9,22H,6-7,10-11H2,1H3,(H,23,26)(H,24,25). The Hall–Kier alpha value is -3.32. The Morgan fingerprint density at radius 2 is 2.11 bits per heavy atom. The molecular formula is C21H20N2O5. The highest BCUT2D eigenvalue weighted by molar-refractivity contribution is 6.06. The second-order valence-corrected chi connectivity index (χ2v) is 6.75. The number of benzene rings is 2. The Labute approximate surface area is 161 Å². The van der Waals surface area contributed by atoms with Crippen LogP contribution in [0.25, 0.3) is 11.0 Å². The molecule has 1 aliphatic rings. The molecule has 3 N–H and O–H groups in total. The number of carbonyl (C=O) groups excluding carboxylic acids is 1. The fourth-order valence-electron chi connectivity index (χ4n) is 3.38. The normalized spacial score (nSPS) is 13.2. The second kappa shape index (κ2) is 7.36. The van der Waals surface area contributed by atoms with E-state index in [4.69, 9.17) is 14.3 Å². The van der Waals surface area contributed by atoms with Crippen LogP contribution in [0.5, 0.6) is 5.75 Å². The van der Waals surface area contributed by atoms with Crippen molar-refractivity contribution in [3.05, 3.63) is 58.8 Å². The number of ether oxygens (including phenoxy) is 1. The van der Waals surface area contributed by atoms with E-state index in [1.165, 1.54) is 5.56 Å². The average molecular weight is 380 g/mol. The summed E-state index contributed by atoms with van der Waals surface area (Å²) in [7, 11) is 0. The van der Waals surface area contributed by atoms with Crippen LogP contribution >= 0.6 is 0 Å². The Bertz CT molecular complexity index is 1070. The summed E-state index contributed by atoms with van der Waals surface area (Å²) in [5.74, 6) is 0.0956. The molecule has 0 radical (unpaired) electrons. The zero-order chi connectivity index (χ0) is 19.7. The van der Waals surface area contributed by atoms with Crippen molar-refractivity contribution in [1.29, 1.82) is 0 Å². The number of aryl methyl sites for hydroxylation is 1. The number of hydrogen-bond donors (Lipinski definition) is 3. The van der Waals surface area contributed by atoms with Crippen molar-refractivity contribution >= 4 is 28.5 Å². The van der Waals surface area contributed by atoms with Crippen molar-refractivity contribution in [1.82, 2.24) is 5.32 Å². The van der Waals surface area contributed by atoms with E-state index in [-0.39, 0.29) is 5.91 Å². The summed E-state index contributed by atoms with van der Waals surface area (Å²) in [6.45, 7) is 3.05. The van der Waals surface area contributed by atoms with Gasteiger partial charge in [0.1, 0.15) is 17.1 Å². The van der Waals surface area contributed by atoms with E-state index in [0.717, 1.165) is 35.3 Å². The molecule has 28 heavy (non-hydrogen) atoms. The first-order valence-corrected chi connectivity index (χ1v) is 9.03. The number of carboxylic acids is 1. The van der Waals surface area contributed by atoms with E-state index in [1.54, 1.807) is 30.3 Å². The maximum atomic E-state index is 12.7. The lowest BCUT2D eigenvalue weighted by atomic mass is 10.0. The molecule has 0 bridgehead atoms. The predicted molar refractivity (Wildman–Crippen MR) is 104 cm³/mol. The third kappa shape index (κ3) is 3.57. The van der Waals surface area contributed by atoms with Crippen molar-refractivity contribution in [3.63, 3.8) is 0 Å². The molecule has 2 heterocycles. The molecule has 7 heteroatoms. The molecule has 4 rings (SSSR count). The van der Waals surface area contributed by atoms with Crippen molar-refractivity contribution in [2.24, 2.45) is 0 Å². The van der Waals surface area contributed by atoms with E-state index in [1.807, 2.05) is 13.0 Å². The first-order valence-electron chi connectivity index (χ1n) is 9.03. The molecule has 0 unspecified atom stereocenters. The van der Waals surface area contributed by atoms with Crippen molar-refractivity contribution in [2.45, 2.75) is 19.9 Å². The molecule has 0 atom stereocenters. The average Bonchev–Trinajstić information content (AvgIpc) is 3.06. The molecule has 144 valence electrons. The monoisotopic (exact) mass is 380 g/mol. The van der Waals surface area contributed by atoms with Gasteiger partial charge < -0.3 is 24.9 Å². The second-order valence-electron chi connectivity index (χ2n) is 6.75. The van der Waals surface area contributed by atoms with Gasteiger partial charge in [-0.25, -0.2) is 4.79 Å². The first-order chi connectivity index (χ1) is 13.5. The van der Waals surface area contributed by atoms with Gasteiger partial charge in [0.2, 0.25) is 0 Å². The van der Waals surface area contributed by atoms with Crippen LogP contribution in [0.2, 0.25) is 0 Å². The lowest BCUT2D eigenvalue weighted by molar-refractivity contribution is -0.139. The lowest BCUT2D eigenvalue weighted by Crippen LogP contribution is -2.22. The Balaban J connectivity index is 1.52. The smallest absolute Gasteiger partial charge is 0.341 e. The van der Waals surface area contributed by atoms with Gasteiger partial charge in [0.15, 0.2) is 6.61 Å². The number of nitrogens with one attached hydrogen (secondary N) is 2. The fourth-order valence-corrected chi connectivity index (χ4v) is 3.38. The predicted octanol–water partition coefficient (Wildman–Crippen LogP) is 3.10. The van der Waals surface area contributed by atoms with E-state index >= 15 is 0 Å². The number of amides is 1. The summed E-state index contributed by atoms with van der Waals surface area (Å²) >= 11 is 0. The lowest BCUT2D eigenvalue weighted by Gasteiger charge is -2.11. The van der Waals surface area contributed by atoms with Crippen LogP contribution < -0.4 is 15.4 Å². The number of fused-ring (bicyclic) bond motifs is 3. The first kappa shape index (κ1) is 18.1. The summed E-state index contributed by atoms with van der Waals surface area (Å²) in [5, 5.41) is 15.9. The number of anilines is 1. The van der Waals surface area contributed by atoms with Crippen molar-refractivity contribution < 1.29 is 23.8 Å². The van der Waals surface area contributed by atoms with Gasteiger partial charge in [0, 0.05) is 22.2 Å². The summed E-state index contributed by atoms with van der Waals surface area (Å²) in [6, 6.07) is 10.5. The van der Waals surface area contributed by atoms with Crippen LogP contribution in [0.1, 0.15) is 27.2 Å². The van der Waals surface area contributed by atoms with E-state index in [2.05, 4.69) is 10.6 Å². The molecule has 0 spiro atoms. The zero-order valence-corrected chi connectivity index (χ0v) is 15.4. The Morgan fingerprint density at radius 3 is 2.89 bits per heavy atom. The third-order valence-electron chi connectivity index (χ3n) is 4.78. The van der Waals surface area contributed by atoms with Crippen LogP contribution in [0.4, 0.5) is 5.69 Å². The minimum atomic E-state index is -1.04. The SMILES string of the molecule is Cc1cc(OCC(=O)O)ccc1NC(=O)c1ccc2c3c(oc2c1)CNCC3. The molecule has 0 saturated heterocycles. The molecule has 0 fully saturated rings. The highest BCUT2D eigenvalue weighted by Gasteiger charge is 2.18. The van der Waals surface area contributed by atoms with E-state index in [0.29, 0.717) is 23.5 Å². The number of hydrogen-bond acceptors (Lipinski definition) is 5. The maximum Gasteiger partial charge on any atom is 0.341 e. The van der Waals surface area contributed by atoms with Crippen LogP contribution in [0.15, 0.2) is 40.8 Å². The van der Waals surface area contributed by atoms with Gasteiger partial charge in [-0.2, -0.15) is 0 Å². The largest absolute Gasteiger partial charge is 0.482 e. The van der Waals surface area contributed by atoms with Gasteiger partial charge >= 0.3 is 5.97 Å². The molecular weight excluding hydrogens is 360 g/mol. The van der Waals surface area contributed by atoms with Gasteiger partial charge in [-0.1, -0.05) is 6.07 Å². The van der Waals surface area contributed by atoms with Crippen LogP contribution in [-0.4, -0.2) is 30.1 Å². The molecule has 1 aromatic heterocycles. The van der Waals surface area contributed by atoms with E-state index in [9.17, 15) is 9.59 Å². The van der Waals surface area contributed by atoms with Gasteiger partial charge in [-0.3, -0.25) is 4.79 Å². The molecule has 0 saturated carbocycles. The number of furan rings is 1. The van der Waals surface area contributed by atoms with E-state index < -0.39 is 12.6 Å². The summed E-state index contributed by atoms with van der Waals surface area (Å²) < 4.78 is 11.1. The quantitative estimate of drug-likeness (QED) is 0.629. The minimum Gasteiger partial charge on any atom is -0.482 e. The number of aliphatic carboxylic acids is 1. The molecule has 0 aliphatic carbocycles. The van der Waals surface area contributed by atoms with Crippen molar-refractivity contribution in [3.8, 4) is 5.75 Å². The number of carboxylic acid groups (broad SMARTS) is 1. The number of carbonyl (C=O) groups is 2. The molecule has 1 aliphatic heterocycles. The molecule has 7 nitrogen and oxygen atoms in total. The van der Waals surface area contributed by atoms with Gasteiger partial charge in [-0.15, -0.1) is 0 Å². The topological polar surface area (TPSA) is 101 Å². The van der Waals surface area contributed by atoms with Crippen molar-refractivity contribution in [2.75, 3.05) is 18.5 Å². The van der Waals surface area contributed by atoms with Crippen LogP contribution in [-0.2, 0) is 17.8 Å². The van der Waals surface area contributed by atoms with Crippen LogP contribution in [0.3, 0.4) is 0 Å². The Morgan fingerprint density at radius 1 is 1.25 bits per heavy atom. The third-order valence-corrected chi connectivity index (χ3v) is 4.78. The summed E-state index contributed by atoms with van der Waals surface area (Å²) in [5.41, 5.74) is 3.86. The molecule has 2 aromatic carbocycles. The number of rotatable bonds is 5. The summed E-state index contributed by atoms with van der Waals surface area (Å²) in [6.07, 6.45) is 0.920. The van der Waals surface area contributed by atoms with Gasteiger partial charge in [-0.05, 0) is 55.8 Å². The molecule has 1 amide bonds. The van der Waals surface area contributed by atoms with Gasteiger partial charge in [0.25, 0.3) is 5.91 Å². The Kier molecular flexibility index (Phi) is 4.75. The maximum absolute atomic E-state index is 12.7. The zero-order valence-electron chi connectivity index (χ0n) is 15.4. The fraction of sp³-hybridized carbons (Fsp3) is 0.238. The molecule has 3 aromatic rings.